The van der Waals surface area contributed by atoms with E-state index in [1.165, 1.54) is 0 Å². The van der Waals surface area contributed by atoms with Crippen molar-refractivity contribution in [3.05, 3.63) is 0 Å². The minimum atomic E-state index is -1.08. The van der Waals surface area contributed by atoms with Gasteiger partial charge >= 0.3 is 35.8 Å². The molecule has 50 heavy (non-hydrogen) atoms. The quantitative estimate of drug-likeness (QED) is 0.0184. The maximum Gasteiger partial charge on any atom is 0.515 e. The van der Waals surface area contributed by atoms with Crippen molar-refractivity contribution in [1.29, 1.82) is 0 Å². The van der Waals surface area contributed by atoms with E-state index in [0.717, 1.165) is 103 Å². The normalized spacial score (nSPS) is 9.78. The molecule has 0 rings (SSSR count). The number of aldehydes is 1. The highest BCUT2D eigenvalue weighted by Gasteiger charge is 2.03. The van der Waals surface area contributed by atoms with Gasteiger partial charge in [-0.3, -0.25) is 29.0 Å². The van der Waals surface area contributed by atoms with Crippen LogP contribution in [0.2, 0.25) is 0 Å². The Labute approximate surface area is 296 Å². The Morgan fingerprint density at radius 3 is 1.34 bits per heavy atom. The molecule has 296 valence electrons. The van der Waals surface area contributed by atoms with Gasteiger partial charge in [0.1, 0.15) is 19.1 Å². The van der Waals surface area contributed by atoms with Gasteiger partial charge in [-0.2, -0.15) is 0 Å². The average molecular weight is 730 g/mol. The molecule has 0 fully saturated rings. The number of nitrogens with one attached hydrogen (secondary N) is 1. The zero-order valence-electron chi connectivity index (χ0n) is 29.5. The van der Waals surface area contributed by atoms with Crippen LogP contribution in [0.15, 0.2) is 4.99 Å². The fraction of sp³-hybridized carbons (Fsp3) is 0.758. The largest absolute Gasteiger partial charge is 0.565 e. The van der Waals surface area contributed by atoms with Gasteiger partial charge in [-0.25, -0.2) is 0 Å². The monoisotopic (exact) mass is 729 g/mol. The number of hydrogen-bond donors (Lipinski definition) is 7. The van der Waals surface area contributed by atoms with Crippen molar-refractivity contribution in [2.45, 2.75) is 135 Å². The summed E-state index contributed by atoms with van der Waals surface area (Å²) in [6.07, 6.45) is 16.2. The number of rotatable bonds is 30. The van der Waals surface area contributed by atoms with Gasteiger partial charge in [0.25, 0.3) is 0 Å². The standard InChI is InChI=1S/C12H23NO4.C12H21NO4.C6H13NO2.C3H4O3.H2O.H2/c2*14-11(15)7-3-1-5-9-13-10-6-2-4-8-12(16)17;7-5-3-1-2-4-6(8)9;4-2-1-3(5)6;;/h13H,1-10H2,(H,14,15)(H,16,17);9H,1-8,10H2,(H,14,15)(H,16,17);1-5,7H2,(H,8,9);2H,1H2,(H,5,6);1H2;1H/p+2. The number of nitrogens with two attached hydrogens (primary N) is 1. The van der Waals surface area contributed by atoms with Crippen molar-refractivity contribution in [2.75, 3.05) is 26.2 Å². The van der Waals surface area contributed by atoms with Gasteiger partial charge in [0.05, 0.1) is 0 Å². The molecule has 0 aromatic heterocycles. The van der Waals surface area contributed by atoms with E-state index in [9.17, 15) is 33.6 Å². The van der Waals surface area contributed by atoms with Crippen LogP contribution in [0.1, 0.15) is 136 Å². The molecule has 0 spiro atoms. The van der Waals surface area contributed by atoms with Crippen molar-refractivity contribution < 1.29 is 71.1 Å². The summed E-state index contributed by atoms with van der Waals surface area (Å²) >= 11 is 0. The SMILES string of the molecule is NCCCCCC(=O)[OH2+].O=C(O)CCCCC=NCCCCCC(=O)O.O=C(O)CCCCCNCCCCCC(=O)O.O=CCC(=O)O.[HH].[OH3+]. The second-order valence-corrected chi connectivity index (χ2v) is 10.9. The van der Waals surface area contributed by atoms with E-state index in [1.54, 1.807) is 0 Å². The van der Waals surface area contributed by atoms with Crippen molar-refractivity contribution in [3.63, 3.8) is 0 Å². The summed E-state index contributed by atoms with van der Waals surface area (Å²) in [6, 6.07) is 0. The second-order valence-electron chi connectivity index (χ2n) is 10.9. The molecule has 0 unspecified atom stereocenters. The maximum absolute atomic E-state index is 10.2. The summed E-state index contributed by atoms with van der Waals surface area (Å²) in [4.78, 5) is 73.7. The number of carboxylic acid groups (broad SMARTS) is 5. The molecule has 17 heteroatoms. The van der Waals surface area contributed by atoms with Crippen molar-refractivity contribution >= 4 is 48.3 Å². The van der Waals surface area contributed by atoms with Crippen molar-refractivity contribution in [1.82, 2.24) is 5.32 Å². The number of aliphatic imine (C=N–C) groups is 1. The van der Waals surface area contributed by atoms with Gasteiger partial charge in [0.2, 0.25) is 0 Å². The zero-order valence-corrected chi connectivity index (χ0v) is 29.5. The first-order valence-electron chi connectivity index (χ1n) is 17.0. The number of carbonyl (C=O) groups excluding carboxylic acids is 2. The Kier molecular flexibility index (Phi) is 52.3. The van der Waals surface area contributed by atoms with Crippen LogP contribution < -0.4 is 11.1 Å². The summed E-state index contributed by atoms with van der Waals surface area (Å²) in [5.74, 6) is -4.49. The number of carbonyl (C=O) groups is 7. The van der Waals surface area contributed by atoms with E-state index in [0.29, 0.717) is 32.1 Å². The van der Waals surface area contributed by atoms with Crippen LogP contribution >= 0.6 is 0 Å². The van der Waals surface area contributed by atoms with Crippen LogP contribution in [0.25, 0.3) is 0 Å². The first kappa shape index (κ1) is 55.5. The number of unbranched alkanes of at least 4 members (excludes halogenated alkanes) is 10. The third kappa shape index (κ3) is 74.7. The van der Waals surface area contributed by atoms with Gasteiger partial charge in [-0.05, 0) is 96.5 Å². The third-order valence-corrected chi connectivity index (χ3v) is 6.14. The zero-order chi connectivity index (χ0) is 38.0. The van der Waals surface area contributed by atoms with Crippen LogP contribution in [0.3, 0.4) is 0 Å². The van der Waals surface area contributed by atoms with Crippen LogP contribution in [0.5, 0.6) is 0 Å². The van der Waals surface area contributed by atoms with Gasteiger partial charge in [0, 0.05) is 38.4 Å². The van der Waals surface area contributed by atoms with Gasteiger partial charge in [-0.15, -0.1) is 0 Å². The fourth-order valence-electron chi connectivity index (χ4n) is 3.56. The molecule has 0 aromatic rings. The summed E-state index contributed by atoms with van der Waals surface area (Å²) in [7, 11) is 0. The van der Waals surface area contributed by atoms with Crippen LogP contribution in [-0.2, 0) is 39.0 Å². The smallest absolute Gasteiger partial charge is 0.515 e. The molecule has 0 saturated heterocycles. The Morgan fingerprint density at radius 1 is 0.580 bits per heavy atom. The fourth-order valence-corrected chi connectivity index (χ4v) is 3.56. The number of carboxylic acids is 5. The Balaban J connectivity index is -0.000000140. The van der Waals surface area contributed by atoms with E-state index >= 15 is 0 Å². The molecule has 0 radical (unpaired) electrons. The summed E-state index contributed by atoms with van der Waals surface area (Å²) in [6.45, 7) is 3.25. The van der Waals surface area contributed by atoms with E-state index in [4.69, 9.17) is 36.4 Å². The van der Waals surface area contributed by atoms with Crippen LogP contribution in [0.4, 0.5) is 0 Å². The minimum absolute atomic E-state index is 0. The van der Waals surface area contributed by atoms with Gasteiger partial charge in [-0.1, -0.05) is 25.7 Å². The molecule has 17 nitrogen and oxygen atoms in total. The highest BCUT2D eigenvalue weighted by molar-refractivity contribution is 5.82. The molecule has 0 atom stereocenters. The third-order valence-electron chi connectivity index (χ3n) is 6.14. The summed E-state index contributed by atoms with van der Waals surface area (Å²) in [5, 5.41) is 51.1. The average Bonchev–Trinajstić information content (AvgIpc) is 3.01. The lowest BCUT2D eigenvalue weighted by molar-refractivity contribution is -0.139. The Morgan fingerprint density at radius 2 is 0.980 bits per heavy atom. The molecule has 0 bridgehead atoms. The molecular weight excluding hydrogens is 662 g/mol. The molecule has 0 saturated carbocycles. The summed E-state index contributed by atoms with van der Waals surface area (Å²) < 4.78 is 0. The highest BCUT2D eigenvalue weighted by atomic mass is 16.4. The number of hydrogen-bond acceptors (Lipinski definition) is 10. The molecule has 0 amide bonds. The van der Waals surface area contributed by atoms with Crippen LogP contribution in [-0.4, -0.2) is 105 Å². The topological polar surface area (TPSA) is 327 Å². The summed E-state index contributed by atoms with van der Waals surface area (Å²) in [5.41, 5.74) is 5.21. The molecule has 0 aliphatic heterocycles. The van der Waals surface area contributed by atoms with Crippen LogP contribution in [0, 0.1) is 0 Å². The predicted molar refractivity (Wildman–Crippen MR) is 192 cm³/mol. The first-order chi connectivity index (χ1) is 23.3. The second kappa shape index (κ2) is 47.2. The van der Waals surface area contributed by atoms with Crippen molar-refractivity contribution in [2.24, 2.45) is 10.7 Å². The Hall–Kier alpha value is -3.96. The molecule has 0 aromatic carbocycles. The Bertz CT molecular complexity index is 871. The molecular formula is C33H67N3O14+2. The van der Waals surface area contributed by atoms with E-state index in [-0.39, 0.29) is 39.0 Å². The van der Waals surface area contributed by atoms with Gasteiger partial charge < -0.3 is 52.0 Å². The van der Waals surface area contributed by atoms with E-state index < -0.39 is 35.8 Å². The number of aliphatic carboxylic acids is 5. The highest BCUT2D eigenvalue weighted by Crippen LogP contribution is 2.02. The lowest BCUT2D eigenvalue weighted by atomic mass is 10.2. The van der Waals surface area contributed by atoms with E-state index in [2.05, 4.69) is 10.3 Å². The predicted octanol–water partition coefficient (Wildman–Crippen LogP) is 2.95. The maximum atomic E-state index is 10.2. The molecule has 0 aliphatic carbocycles. The lowest BCUT2D eigenvalue weighted by Crippen LogP contribution is -2.16. The molecule has 0 heterocycles. The van der Waals surface area contributed by atoms with Crippen molar-refractivity contribution in [3.8, 4) is 0 Å². The minimum Gasteiger partial charge on any atom is -0.565 e. The lowest BCUT2D eigenvalue weighted by Gasteiger charge is -2.03. The molecule has 0 aliphatic rings. The van der Waals surface area contributed by atoms with E-state index in [1.807, 2.05) is 6.21 Å². The number of nitrogens with zero attached hydrogens (tertiary/aromatic N) is 1. The van der Waals surface area contributed by atoms with Gasteiger partial charge in [0.15, 0.2) is 0 Å². The molecule has 13 N–H and O–H groups in total. The first-order valence-corrected chi connectivity index (χ1v) is 17.0.